The maximum Gasteiger partial charge on any atom is 0.246 e. The van der Waals surface area contributed by atoms with Crippen molar-refractivity contribution in [1.82, 2.24) is 9.88 Å². The standard InChI is InChI=1S/C19H17ClN4O/c20-17-3-1-2-15(12-17)5-7-19(25)24-10-8-23(9-11-24)18-6-4-16(13-21)14-22-18/h1-7,12,14H,8-11H2/b7-5+. The largest absolute Gasteiger partial charge is 0.353 e. The van der Waals surface area contributed by atoms with E-state index in [9.17, 15) is 4.79 Å². The Balaban J connectivity index is 1.56. The fourth-order valence-corrected chi connectivity index (χ4v) is 2.88. The predicted molar refractivity (Wildman–Crippen MR) is 98.2 cm³/mol. The third kappa shape index (κ3) is 4.37. The molecule has 0 spiro atoms. The fraction of sp³-hybridized carbons (Fsp3) is 0.211. The number of rotatable bonds is 3. The van der Waals surface area contributed by atoms with Gasteiger partial charge in [-0.05, 0) is 35.9 Å². The van der Waals surface area contributed by atoms with Gasteiger partial charge in [-0.25, -0.2) is 4.98 Å². The van der Waals surface area contributed by atoms with E-state index in [1.54, 1.807) is 30.5 Å². The lowest BCUT2D eigenvalue weighted by molar-refractivity contribution is -0.126. The van der Waals surface area contributed by atoms with Crippen LogP contribution in [0.2, 0.25) is 5.02 Å². The molecule has 1 saturated heterocycles. The molecule has 3 rings (SSSR count). The van der Waals surface area contributed by atoms with Crippen LogP contribution < -0.4 is 4.90 Å². The number of benzene rings is 1. The molecule has 1 amide bonds. The van der Waals surface area contributed by atoms with Gasteiger partial charge in [0.25, 0.3) is 0 Å². The van der Waals surface area contributed by atoms with Crippen molar-refractivity contribution in [2.24, 2.45) is 0 Å². The molecule has 6 heteroatoms. The number of piperazine rings is 1. The van der Waals surface area contributed by atoms with E-state index in [0.717, 1.165) is 24.5 Å². The van der Waals surface area contributed by atoms with Crippen LogP contribution in [0.1, 0.15) is 11.1 Å². The summed E-state index contributed by atoms with van der Waals surface area (Å²) in [5.41, 5.74) is 1.45. The van der Waals surface area contributed by atoms with Gasteiger partial charge in [0.1, 0.15) is 11.9 Å². The summed E-state index contributed by atoms with van der Waals surface area (Å²) in [7, 11) is 0. The number of nitrogens with zero attached hydrogens (tertiary/aromatic N) is 4. The molecule has 126 valence electrons. The number of halogens is 1. The van der Waals surface area contributed by atoms with Crippen molar-refractivity contribution in [3.8, 4) is 6.07 Å². The monoisotopic (exact) mass is 352 g/mol. The zero-order chi connectivity index (χ0) is 17.6. The average molecular weight is 353 g/mol. The van der Waals surface area contributed by atoms with Crippen molar-refractivity contribution in [1.29, 1.82) is 5.26 Å². The summed E-state index contributed by atoms with van der Waals surface area (Å²) in [6.45, 7) is 2.71. The lowest BCUT2D eigenvalue weighted by atomic mass is 10.2. The molecule has 0 bridgehead atoms. The number of anilines is 1. The minimum absolute atomic E-state index is 0.00702. The summed E-state index contributed by atoms with van der Waals surface area (Å²) in [6, 6.07) is 13.0. The van der Waals surface area contributed by atoms with Crippen LogP contribution in [0, 0.1) is 11.3 Å². The van der Waals surface area contributed by atoms with Crippen molar-refractivity contribution in [2.45, 2.75) is 0 Å². The summed E-state index contributed by atoms with van der Waals surface area (Å²) < 4.78 is 0. The highest BCUT2D eigenvalue weighted by Gasteiger charge is 2.20. The highest BCUT2D eigenvalue weighted by molar-refractivity contribution is 6.30. The van der Waals surface area contributed by atoms with Gasteiger partial charge in [-0.1, -0.05) is 23.7 Å². The van der Waals surface area contributed by atoms with Gasteiger partial charge in [0.2, 0.25) is 5.91 Å². The van der Waals surface area contributed by atoms with Crippen LogP contribution in [0.4, 0.5) is 5.82 Å². The molecule has 0 unspecified atom stereocenters. The second-order valence-electron chi connectivity index (χ2n) is 5.72. The lowest BCUT2D eigenvalue weighted by Crippen LogP contribution is -2.48. The van der Waals surface area contributed by atoms with E-state index in [0.29, 0.717) is 23.7 Å². The Hall–Kier alpha value is -2.84. The average Bonchev–Trinajstić information content (AvgIpc) is 2.66. The van der Waals surface area contributed by atoms with Crippen LogP contribution in [-0.4, -0.2) is 42.0 Å². The van der Waals surface area contributed by atoms with Crippen LogP contribution in [0.5, 0.6) is 0 Å². The number of amides is 1. The maximum absolute atomic E-state index is 12.3. The van der Waals surface area contributed by atoms with Crippen LogP contribution in [-0.2, 0) is 4.79 Å². The Morgan fingerprint density at radius 2 is 2.00 bits per heavy atom. The number of hydrogen-bond acceptors (Lipinski definition) is 4. The molecule has 0 aliphatic carbocycles. The SMILES string of the molecule is N#Cc1ccc(N2CCN(C(=O)/C=C/c3cccc(Cl)c3)CC2)nc1. The number of hydrogen-bond donors (Lipinski definition) is 0. The Kier molecular flexibility index (Phi) is 5.32. The Labute approximate surface area is 151 Å². The molecular formula is C19H17ClN4O. The number of carbonyl (C=O) groups excluding carboxylic acids is 1. The summed E-state index contributed by atoms with van der Waals surface area (Å²) in [5.74, 6) is 0.827. The highest BCUT2D eigenvalue weighted by Crippen LogP contribution is 2.15. The first kappa shape index (κ1) is 17.0. The first-order valence-corrected chi connectivity index (χ1v) is 8.37. The molecule has 1 fully saturated rings. The molecule has 2 heterocycles. The fourth-order valence-electron chi connectivity index (χ4n) is 2.68. The van der Waals surface area contributed by atoms with Gasteiger partial charge < -0.3 is 9.80 Å². The van der Waals surface area contributed by atoms with Crippen molar-refractivity contribution in [2.75, 3.05) is 31.1 Å². The molecule has 5 nitrogen and oxygen atoms in total. The van der Waals surface area contributed by atoms with E-state index in [1.807, 2.05) is 29.2 Å². The van der Waals surface area contributed by atoms with Gasteiger partial charge in [-0.2, -0.15) is 5.26 Å². The van der Waals surface area contributed by atoms with E-state index >= 15 is 0 Å². The minimum atomic E-state index is -0.00702. The molecule has 0 N–H and O–H groups in total. The van der Waals surface area contributed by atoms with Gasteiger partial charge >= 0.3 is 0 Å². The predicted octanol–water partition coefficient (Wildman–Crippen LogP) is 2.97. The quantitative estimate of drug-likeness (QED) is 0.797. The number of nitriles is 1. The van der Waals surface area contributed by atoms with Gasteiger partial charge in [-0.15, -0.1) is 0 Å². The highest BCUT2D eigenvalue weighted by atomic mass is 35.5. The number of aromatic nitrogens is 1. The van der Waals surface area contributed by atoms with Gasteiger partial charge in [0.05, 0.1) is 5.56 Å². The summed E-state index contributed by atoms with van der Waals surface area (Å²) in [4.78, 5) is 20.6. The number of carbonyl (C=O) groups is 1. The van der Waals surface area contributed by atoms with Gasteiger partial charge in [-0.3, -0.25) is 4.79 Å². The topological polar surface area (TPSA) is 60.2 Å². The lowest BCUT2D eigenvalue weighted by Gasteiger charge is -2.34. The van der Waals surface area contributed by atoms with Crippen molar-refractivity contribution in [3.05, 3.63) is 64.8 Å². The van der Waals surface area contributed by atoms with Crippen LogP contribution in [0.25, 0.3) is 6.08 Å². The van der Waals surface area contributed by atoms with E-state index < -0.39 is 0 Å². The summed E-state index contributed by atoms with van der Waals surface area (Å²) in [5, 5.41) is 9.47. The van der Waals surface area contributed by atoms with E-state index in [4.69, 9.17) is 16.9 Å². The van der Waals surface area contributed by atoms with E-state index in [-0.39, 0.29) is 5.91 Å². The van der Waals surface area contributed by atoms with Crippen LogP contribution in [0.3, 0.4) is 0 Å². The molecule has 2 aromatic rings. The van der Waals surface area contributed by atoms with Crippen molar-refractivity contribution < 1.29 is 4.79 Å². The first-order chi connectivity index (χ1) is 12.2. The Bertz CT molecular complexity index is 818. The minimum Gasteiger partial charge on any atom is -0.353 e. The van der Waals surface area contributed by atoms with Gasteiger partial charge in [0, 0.05) is 43.5 Å². The Morgan fingerprint density at radius 3 is 2.64 bits per heavy atom. The van der Waals surface area contributed by atoms with Crippen molar-refractivity contribution >= 4 is 29.4 Å². The second-order valence-corrected chi connectivity index (χ2v) is 6.15. The number of pyridine rings is 1. The Morgan fingerprint density at radius 1 is 1.20 bits per heavy atom. The smallest absolute Gasteiger partial charge is 0.246 e. The molecule has 1 aliphatic rings. The van der Waals surface area contributed by atoms with E-state index in [1.165, 1.54) is 0 Å². The molecule has 0 atom stereocenters. The molecule has 1 aromatic heterocycles. The van der Waals surface area contributed by atoms with E-state index in [2.05, 4.69) is 16.0 Å². The summed E-state index contributed by atoms with van der Waals surface area (Å²) in [6.07, 6.45) is 4.94. The van der Waals surface area contributed by atoms with Gasteiger partial charge in [0.15, 0.2) is 0 Å². The molecule has 1 aliphatic heterocycles. The van der Waals surface area contributed by atoms with Crippen LogP contribution >= 0.6 is 11.6 Å². The molecule has 1 aromatic carbocycles. The van der Waals surface area contributed by atoms with Crippen molar-refractivity contribution in [3.63, 3.8) is 0 Å². The zero-order valence-corrected chi connectivity index (χ0v) is 14.4. The molecule has 0 saturated carbocycles. The molecular weight excluding hydrogens is 336 g/mol. The first-order valence-electron chi connectivity index (χ1n) is 7.99. The third-order valence-corrected chi connectivity index (χ3v) is 4.29. The maximum atomic E-state index is 12.3. The molecule has 25 heavy (non-hydrogen) atoms. The van der Waals surface area contributed by atoms with Crippen LogP contribution in [0.15, 0.2) is 48.7 Å². The summed E-state index contributed by atoms with van der Waals surface area (Å²) >= 11 is 5.94. The third-order valence-electron chi connectivity index (χ3n) is 4.06. The molecule has 0 radical (unpaired) electrons. The zero-order valence-electron chi connectivity index (χ0n) is 13.6. The normalized spacial score (nSPS) is 14.6. The second kappa shape index (κ2) is 7.82.